The standard InChI is InChI=1S/C22H20ClN3O5S3/c23-15-5-7-16(8-6-15)34(30,31)20(24-19(27)17-3-1-13-32-17)22(29)26-11-9-25(10-12-26)21(28)18-4-2-14-33-18/h1-8,13-14,20H,9-12H2,(H,24,27)/t20-/m0/s1. The van der Waals surface area contributed by atoms with E-state index in [1.54, 1.807) is 34.5 Å². The molecule has 1 aliphatic heterocycles. The van der Waals surface area contributed by atoms with Gasteiger partial charge < -0.3 is 15.1 Å². The molecule has 8 nitrogen and oxygen atoms in total. The molecule has 1 atom stereocenters. The minimum Gasteiger partial charge on any atom is -0.336 e. The highest BCUT2D eigenvalue weighted by Crippen LogP contribution is 2.21. The van der Waals surface area contributed by atoms with Crippen LogP contribution in [-0.4, -0.2) is 67.5 Å². The Labute approximate surface area is 209 Å². The number of halogens is 1. The van der Waals surface area contributed by atoms with E-state index in [-0.39, 0.29) is 41.9 Å². The van der Waals surface area contributed by atoms with Crippen LogP contribution >= 0.6 is 34.3 Å². The Bertz CT molecular complexity index is 1270. The molecule has 0 unspecified atom stereocenters. The van der Waals surface area contributed by atoms with Gasteiger partial charge in [0.15, 0.2) is 0 Å². The van der Waals surface area contributed by atoms with E-state index in [1.165, 1.54) is 40.5 Å². The average Bonchev–Trinajstić information content (AvgIpc) is 3.57. The van der Waals surface area contributed by atoms with Crippen LogP contribution in [0.5, 0.6) is 0 Å². The zero-order valence-corrected chi connectivity index (χ0v) is 20.9. The number of piperazine rings is 1. The van der Waals surface area contributed by atoms with Crippen LogP contribution in [0.3, 0.4) is 0 Å². The molecule has 4 rings (SSSR count). The van der Waals surface area contributed by atoms with Crippen LogP contribution in [0, 0.1) is 0 Å². The Morgan fingerprint density at radius 2 is 1.41 bits per heavy atom. The van der Waals surface area contributed by atoms with Gasteiger partial charge in [-0.25, -0.2) is 8.42 Å². The second-order valence-electron chi connectivity index (χ2n) is 7.42. The van der Waals surface area contributed by atoms with Gasteiger partial charge in [0.25, 0.3) is 17.7 Å². The van der Waals surface area contributed by atoms with E-state index in [9.17, 15) is 22.8 Å². The molecular formula is C22H20ClN3O5S3. The van der Waals surface area contributed by atoms with Gasteiger partial charge in [-0.1, -0.05) is 23.7 Å². The lowest BCUT2D eigenvalue weighted by atomic mass is 10.3. The number of amides is 3. The fourth-order valence-corrected chi connectivity index (χ4v) is 6.39. The van der Waals surface area contributed by atoms with Crippen molar-refractivity contribution in [3.63, 3.8) is 0 Å². The van der Waals surface area contributed by atoms with Gasteiger partial charge in [-0.05, 0) is 47.2 Å². The van der Waals surface area contributed by atoms with E-state index >= 15 is 0 Å². The molecule has 34 heavy (non-hydrogen) atoms. The summed E-state index contributed by atoms with van der Waals surface area (Å²) < 4.78 is 26.8. The van der Waals surface area contributed by atoms with Crippen LogP contribution in [0.25, 0.3) is 0 Å². The molecule has 2 aromatic heterocycles. The van der Waals surface area contributed by atoms with Gasteiger partial charge in [0.05, 0.1) is 14.6 Å². The van der Waals surface area contributed by atoms with Crippen molar-refractivity contribution in [2.75, 3.05) is 26.2 Å². The van der Waals surface area contributed by atoms with Crippen molar-refractivity contribution in [1.82, 2.24) is 15.1 Å². The first kappa shape index (κ1) is 24.4. The van der Waals surface area contributed by atoms with Crippen molar-refractivity contribution in [2.24, 2.45) is 0 Å². The van der Waals surface area contributed by atoms with Crippen molar-refractivity contribution in [1.29, 1.82) is 0 Å². The molecule has 1 N–H and O–H groups in total. The smallest absolute Gasteiger partial charge is 0.264 e. The highest BCUT2D eigenvalue weighted by molar-refractivity contribution is 7.92. The molecule has 1 aliphatic rings. The van der Waals surface area contributed by atoms with Gasteiger partial charge in [-0.2, -0.15) is 0 Å². The summed E-state index contributed by atoms with van der Waals surface area (Å²) in [6.07, 6.45) is 0. The third-order valence-corrected chi connectivity index (χ3v) is 9.14. The number of hydrogen-bond donors (Lipinski definition) is 1. The first-order chi connectivity index (χ1) is 16.3. The molecule has 0 spiro atoms. The van der Waals surface area contributed by atoms with E-state index in [4.69, 9.17) is 11.6 Å². The lowest BCUT2D eigenvalue weighted by Gasteiger charge is -2.36. The highest BCUT2D eigenvalue weighted by Gasteiger charge is 2.39. The van der Waals surface area contributed by atoms with Gasteiger partial charge >= 0.3 is 0 Å². The molecule has 0 radical (unpaired) electrons. The summed E-state index contributed by atoms with van der Waals surface area (Å²) in [4.78, 5) is 42.4. The van der Waals surface area contributed by atoms with Crippen molar-refractivity contribution < 1.29 is 22.8 Å². The molecular weight excluding hydrogens is 518 g/mol. The van der Waals surface area contributed by atoms with Crippen molar-refractivity contribution in [3.8, 4) is 0 Å². The molecule has 3 amide bonds. The van der Waals surface area contributed by atoms with Crippen LogP contribution in [0.15, 0.2) is 64.2 Å². The number of benzene rings is 1. The fraction of sp³-hybridized carbons (Fsp3) is 0.227. The molecule has 1 fully saturated rings. The Morgan fingerprint density at radius 1 is 0.853 bits per heavy atom. The second-order valence-corrected chi connectivity index (χ2v) is 11.8. The summed E-state index contributed by atoms with van der Waals surface area (Å²) >= 11 is 8.36. The van der Waals surface area contributed by atoms with Crippen LogP contribution in [0.4, 0.5) is 0 Å². The number of hydrogen-bond acceptors (Lipinski definition) is 7. The second kappa shape index (κ2) is 10.3. The lowest BCUT2D eigenvalue weighted by molar-refractivity contribution is -0.132. The quantitative estimate of drug-likeness (QED) is 0.520. The van der Waals surface area contributed by atoms with Gasteiger partial charge in [0, 0.05) is 31.2 Å². The molecule has 3 heterocycles. The van der Waals surface area contributed by atoms with Gasteiger partial charge in [-0.15, -0.1) is 22.7 Å². The monoisotopic (exact) mass is 537 g/mol. The van der Waals surface area contributed by atoms with E-state index in [2.05, 4.69) is 5.32 Å². The zero-order valence-electron chi connectivity index (χ0n) is 17.7. The Morgan fingerprint density at radius 3 is 1.97 bits per heavy atom. The predicted octanol–water partition coefficient (Wildman–Crippen LogP) is 2.98. The molecule has 1 saturated heterocycles. The summed E-state index contributed by atoms with van der Waals surface area (Å²) in [5.74, 6) is -1.53. The minimum absolute atomic E-state index is 0.126. The zero-order chi connectivity index (χ0) is 24.3. The Hall–Kier alpha value is -2.73. The SMILES string of the molecule is O=C(N[C@H](C(=O)N1CCN(C(=O)c2cccs2)CC1)S(=O)(=O)c1ccc(Cl)cc1)c1cccs1. The van der Waals surface area contributed by atoms with Gasteiger partial charge in [-0.3, -0.25) is 14.4 Å². The van der Waals surface area contributed by atoms with E-state index in [1.807, 2.05) is 5.38 Å². The first-order valence-electron chi connectivity index (χ1n) is 10.2. The van der Waals surface area contributed by atoms with E-state index in [0.29, 0.717) is 9.90 Å². The van der Waals surface area contributed by atoms with Crippen molar-refractivity contribution in [3.05, 3.63) is 74.1 Å². The average molecular weight is 538 g/mol. The maximum Gasteiger partial charge on any atom is 0.264 e. The number of sulfone groups is 1. The van der Waals surface area contributed by atoms with Gasteiger partial charge in [0.1, 0.15) is 0 Å². The number of rotatable bonds is 6. The molecule has 178 valence electrons. The Kier molecular flexibility index (Phi) is 7.36. The molecule has 0 saturated carbocycles. The molecule has 0 bridgehead atoms. The summed E-state index contributed by atoms with van der Waals surface area (Å²) in [5.41, 5.74) is 0. The summed E-state index contributed by atoms with van der Waals surface area (Å²) in [6, 6.07) is 12.1. The third-order valence-electron chi connectivity index (χ3n) is 5.29. The first-order valence-corrected chi connectivity index (χ1v) is 13.9. The normalized spacial score (nSPS) is 15.1. The predicted molar refractivity (Wildman–Crippen MR) is 131 cm³/mol. The van der Waals surface area contributed by atoms with Crippen LogP contribution in [0.2, 0.25) is 5.02 Å². The summed E-state index contributed by atoms with van der Waals surface area (Å²) in [7, 11) is -4.27. The van der Waals surface area contributed by atoms with Crippen molar-refractivity contribution in [2.45, 2.75) is 10.3 Å². The highest BCUT2D eigenvalue weighted by atomic mass is 35.5. The summed E-state index contributed by atoms with van der Waals surface area (Å²) in [6.45, 7) is 0.818. The molecule has 1 aromatic carbocycles. The third kappa shape index (κ3) is 5.17. The minimum atomic E-state index is -4.27. The van der Waals surface area contributed by atoms with E-state index in [0.717, 1.165) is 11.3 Å². The molecule has 0 aliphatic carbocycles. The lowest BCUT2D eigenvalue weighted by Crippen LogP contribution is -2.57. The van der Waals surface area contributed by atoms with Crippen LogP contribution in [-0.2, 0) is 14.6 Å². The van der Waals surface area contributed by atoms with Crippen molar-refractivity contribution >= 4 is 61.8 Å². The maximum atomic E-state index is 13.4. The Balaban J connectivity index is 1.55. The molecule has 12 heteroatoms. The number of thiophene rings is 2. The van der Waals surface area contributed by atoms with Crippen LogP contribution in [0.1, 0.15) is 19.3 Å². The van der Waals surface area contributed by atoms with Crippen LogP contribution < -0.4 is 5.32 Å². The number of carbonyl (C=O) groups is 3. The number of carbonyl (C=O) groups excluding carboxylic acids is 3. The van der Waals surface area contributed by atoms with Gasteiger partial charge in [0.2, 0.25) is 15.2 Å². The number of nitrogens with zero attached hydrogens (tertiary/aromatic N) is 2. The maximum absolute atomic E-state index is 13.4. The number of nitrogens with one attached hydrogen (secondary N) is 1. The fourth-order valence-electron chi connectivity index (χ4n) is 3.48. The topological polar surface area (TPSA) is 104 Å². The van der Waals surface area contributed by atoms with E-state index < -0.39 is 27.0 Å². The molecule has 3 aromatic rings. The summed E-state index contributed by atoms with van der Waals surface area (Å²) in [5, 5.41) is 4.43. The largest absolute Gasteiger partial charge is 0.336 e.